The zero-order valence-electron chi connectivity index (χ0n) is 35.6. The van der Waals surface area contributed by atoms with Gasteiger partial charge in [0.2, 0.25) is 0 Å². The number of likely N-dealkylation sites (N-methyl/N-ethyl adjacent to an activating group) is 4. The molecule has 2 fully saturated rings. The van der Waals surface area contributed by atoms with Gasteiger partial charge >= 0.3 is 0 Å². The highest BCUT2D eigenvalue weighted by Gasteiger charge is 2.14. The Bertz CT molecular complexity index is 944. The molecule has 14 nitrogen and oxygen atoms in total. The Hall–Kier alpha value is -1.16. The largest absolute Gasteiger partial charge is 0.329 e. The molecular weight excluding hydrogens is 836 g/mol. The van der Waals surface area contributed by atoms with E-state index in [0.717, 1.165) is 153 Å². The summed E-state index contributed by atoms with van der Waals surface area (Å²) in [5.74, 6) is 0. The zero-order chi connectivity index (χ0) is 42.1. The summed E-state index contributed by atoms with van der Waals surface area (Å²) in [6.45, 7) is 21.6. The Morgan fingerprint density at radius 3 is 1.09 bits per heavy atom. The van der Waals surface area contributed by atoms with Gasteiger partial charge in [-0.25, -0.2) is 0 Å². The first-order chi connectivity index (χ1) is 27.2. The maximum Gasteiger partial charge on any atom is 0.0286 e. The van der Waals surface area contributed by atoms with Crippen LogP contribution in [0, 0.1) is 0 Å². The van der Waals surface area contributed by atoms with Gasteiger partial charge in [-0.15, -0.1) is 0 Å². The number of rotatable bonds is 18. The second-order valence-electron chi connectivity index (χ2n) is 13.4. The van der Waals surface area contributed by atoms with Crippen LogP contribution in [0.3, 0.4) is 0 Å². The highest BCUT2D eigenvalue weighted by atomic mass is 79.9. The van der Waals surface area contributed by atoms with Crippen molar-refractivity contribution in [1.82, 2.24) is 40.9 Å². The normalized spacial score (nSPS) is 14.1. The Morgan fingerprint density at radius 1 is 0.536 bits per heavy atom. The molecule has 16 heteroatoms. The monoisotopic (exact) mass is 919 g/mol. The molecule has 0 aliphatic carbocycles. The lowest BCUT2D eigenvalue weighted by atomic mass is 10.1. The van der Waals surface area contributed by atoms with Gasteiger partial charge in [0, 0.05) is 155 Å². The van der Waals surface area contributed by atoms with Crippen LogP contribution in [0.25, 0.3) is 0 Å². The van der Waals surface area contributed by atoms with E-state index < -0.39 is 0 Å². The van der Waals surface area contributed by atoms with E-state index in [0.29, 0.717) is 13.1 Å². The van der Waals surface area contributed by atoms with Gasteiger partial charge in [0.15, 0.2) is 0 Å². The lowest BCUT2D eigenvalue weighted by molar-refractivity contribution is 0.138. The smallest absolute Gasteiger partial charge is 0.0286 e. The number of alkyl halides is 2. The van der Waals surface area contributed by atoms with Gasteiger partial charge in [-0.1, -0.05) is 80.4 Å². The number of halogens is 2. The molecule has 2 heterocycles. The summed E-state index contributed by atoms with van der Waals surface area (Å²) in [4.78, 5) is 9.28. The van der Waals surface area contributed by atoms with Gasteiger partial charge in [-0.3, -0.25) is 9.80 Å². The van der Waals surface area contributed by atoms with Crippen LogP contribution >= 0.6 is 31.9 Å². The Morgan fingerprint density at radius 2 is 0.857 bits per heavy atom. The fourth-order valence-electron chi connectivity index (χ4n) is 5.24. The number of nitrogens with one attached hydrogen (secondary N) is 4. The van der Waals surface area contributed by atoms with Gasteiger partial charge in [-0.2, -0.15) is 0 Å². The zero-order valence-corrected chi connectivity index (χ0v) is 38.8. The van der Waals surface area contributed by atoms with Crippen LogP contribution in [-0.4, -0.2) is 179 Å². The second-order valence-corrected chi connectivity index (χ2v) is 14.5. The Labute approximate surface area is 359 Å². The third-order valence-corrected chi connectivity index (χ3v) is 10.00. The molecule has 2 aromatic rings. The number of hydrogen-bond acceptors (Lipinski definition) is 14. The minimum Gasteiger partial charge on any atom is -0.329 e. The molecule has 0 radical (unpaired) electrons. The number of nitrogens with zero attached hydrogens (tertiary/aromatic N) is 4. The van der Waals surface area contributed by atoms with Crippen LogP contribution in [0.4, 0.5) is 0 Å². The van der Waals surface area contributed by atoms with Gasteiger partial charge in [0.05, 0.1) is 0 Å². The number of piperazine rings is 2. The van der Waals surface area contributed by atoms with Gasteiger partial charge < -0.3 is 65.5 Å². The first-order valence-electron chi connectivity index (χ1n) is 20.2. The lowest BCUT2D eigenvalue weighted by Gasteiger charge is -2.34. The Kier molecular flexibility index (Phi) is 44.1. The third-order valence-electron chi connectivity index (χ3n) is 8.79. The minimum atomic E-state index is 0.577. The van der Waals surface area contributed by atoms with Crippen molar-refractivity contribution in [1.29, 1.82) is 0 Å². The highest BCUT2D eigenvalue weighted by Crippen LogP contribution is 2.14. The molecule has 0 saturated carbocycles. The maximum atomic E-state index is 5.48. The van der Waals surface area contributed by atoms with Crippen molar-refractivity contribution in [3.63, 3.8) is 0 Å². The lowest BCUT2D eigenvalue weighted by Crippen LogP contribution is -2.48. The highest BCUT2D eigenvalue weighted by molar-refractivity contribution is 9.09. The van der Waals surface area contributed by atoms with E-state index in [1.165, 1.54) is 11.1 Å². The molecule has 0 spiro atoms. The fourth-order valence-corrected chi connectivity index (χ4v) is 6.33. The molecule has 2 aliphatic rings. The number of hydrogen-bond donors (Lipinski definition) is 10. The van der Waals surface area contributed by atoms with Gasteiger partial charge in [0.25, 0.3) is 0 Å². The second kappa shape index (κ2) is 43.4. The molecular formula is C40H84Br2N14. The molecule has 0 unspecified atom stereocenters. The Balaban J connectivity index is 0. The van der Waals surface area contributed by atoms with Crippen molar-refractivity contribution in [3.05, 3.63) is 70.8 Å². The van der Waals surface area contributed by atoms with Crippen molar-refractivity contribution >= 4 is 31.9 Å². The summed E-state index contributed by atoms with van der Waals surface area (Å²) in [7, 11) is 8.06. The molecule has 2 aromatic carbocycles. The molecule has 56 heavy (non-hydrogen) atoms. The van der Waals surface area contributed by atoms with Crippen LogP contribution in [-0.2, 0) is 23.7 Å². The summed E-state index contributed by atoms with van der Waals surface area (Å²) in [6, 6.07) is 16.3. The predicted molar refractivity (Wildman–Crippen MR) is 252 cm³/mol. The van der Waals surface area contributed by atoms with E-state index in [2.05, 4.69) is 111 Å². The average Bonchev–Trinajstić information content (AvgIpc) is 3.25. The molecule has 2 aliphatic heterocycles. The molecule has 0 amide bonds. The third kappa shape index (κ3) is 33.8. The van der Waals surface area contributed by atoms with E-state index in [4.69, 9.17) is 34.4 Å². The van der Waals surface area contributed by atoms with Crippen molar-refractivity contribution < 1.29 is 0 Å². The van der Waals surface area contributed by atoms with E-state index in [1.807, 2.05) is 38.4 Å². The van der Waals surface area contributed by atoms with E-state index in [-0.39, 0.29) is 0 Å². The van der Waals surface area contributed by atoms with Crippen LogP contribution in [0.2, 0.25) is 0 Å². The standard InChI is InChI=1S/C8H8Br2.C8H20N4.C8H22N4.C8H12N2.C4H10N2.C4H12N2/c9-5-7-3-1-2-4-8(7)6-10;9-1-3-11-5-7-12(4-2-10)8-6-11;1-11(5-3-9)7-8-12(2)6-4-10;9-5-7-3-1-2-4-8(7)6-10;1-2-6-4-3-5-1;1-5-3-4-6-2/h1-4H,5-6H2;1-10H2;3-10H2,1-2H3;1-4H,5-6,9-10H2;5-6H,1-4H2;5-6H,3-4H2,1-2H3. The molecule has 16 N–H and O–H groups in total. The molecule has 2 saturated heterocycles. The number of nitrogens with two attached hydrogens (primary N) is 6. The summed E-state index contributed by atoms with van der Waals surface area (Å²) in [5.41, 5.74) is 37.7. The van der Waals surface area contributed by atoms with E-state index in [9.17, 15) is 0 Å². The van der Waals surface area contributed by atoms with Crippen molar-refractivity contribution in [2.24, 2.45) is 34.4 Å². The number of benzene rings is 2. The predicted octanol–water partition coefficient (Wildman–Crippen LogP) is -0.0264. The minimum absolute atomic E-state index is 0.577. The van der Waals surface area contributed by atoms with Crippen LogP contribution in [0.1, 0.15) is 22.3 Å². The fraction of sp³-hybridized carbons (Fsp3) is 0.700. The van der Waals surface area contributed by atoms with Crippen LogP contribution < -0.4 is 55.7 Å². The van der Waals surface area contributed by atoms with Crippen molar-refractivity contribution in [2.45, 2.75) is 23.7 Å². The molecule has 0 aromatic heterocycles. The SMILES string of the molecule is BrCc1ccccc1CBr.C1CNCCN1.CN(CCN)CCN(C)CCN.CNCCNC.NCCN1CCN(CCN)CC1.NCc1ccccc1CN. The molecule has 0 bridgehead atoms. The molecule has 0 atom stereocenters. The van der Waals surface area contributed by atoms with Crippen LogP contribution in [0.5, 0.6) is 0 Å². The molecule has 4 rings (SSSR count). The van der Waals surface area contributed by atoms with Crippen LogP contribution in [0.15, 0.2) is 48.5 Å². The van der Waals surface area contributed by atoms with E-state index >= 15 is 0 Å². The summed E-state index contributed by atoms with van der Waals surface area (Å²) < 4.78 is 0. The van der Waals surface area contributed by atoms with Crippen molar-refractivity contribution in [2.75, 3.05) is 159 Å². The molecule has 328 valence electrons. The first-order valence-corrected chi connectivity index (χ1v) is 22.5. The summed E-state index contributed by atoms with van der Waals surface area (Å²) in [5, 5.41) is 14.3. The van der Waals surface area contributed by atoms with Crippen molar-refractivity contribution in [3.8, 4) is 0 Å². The van der Waals surface area contributed by atoms with E-state index in [1.54, 1.807) is 0 Å². The maximum absolute atomic E-state index is 5.48. The summed E-state index contributed by atoms with van der Waals surface area (Å²) >= 11 is 6.86. The first kappa shape index (κ1) is 56.9. The van der Waals surface area contributed by atoms with Gasteiger partial charge in [-0.05, 0) is 50.4 Å². The quantitative estimate of drug-likeness (QED) is 0.0703. The average molecular weight is 921 g/mol. The topological polar surface area (TPSA) is 217 Å². The summed E-state index contributed by atoms with van der Waals surface area (Å²) in [6.07, 6.45) is 0. The van der Waals surface area contributed by atoms with Gasteiger partial charge in [0.1, 0.15) is 0 Å².